The molecule has 3 aromatic rings. The maximum Gasteiger partial charge on any atom is 0.126 e. The first kappa shape index (κ1) is 16.0. The van der Waals surface area contributed by atoms with Gasteiger partial charge in [-0.15, -0.1) is 0 Å². The minimum atomic E-state index is 0.0322. The lowest BCUT2D eigenvalue weighted by Crippen LogP contribution is -2.04. The van der Waals surface area contributed by atoms with Crippen LogP contribution >= 0.6 is 0 Å². The van der Waals surface area contributed by atoms with Crippen LogP contribution in [0.25, 0.3) is 11.1 Å². The van der Waals surface area contributed by atoms with Crippen molar-refractivity contribution >= 4 is 6.29 Å². The summed E-state index contributed by atoms with van der Waals surface area (Å²) >= 11 is 0. The fourth-order valence-corrected chi connectivity index (χ4v) is 3.14. The zero-order valence-electron chi connectivity index (χ0n) is 13.7. The summed E-state index contributed by atoms with van der Waals surface area (Å²) < 4.78 is 5.53. The van der Waals surface area contributed by atoms with Gasteiger partial charge in [-0.2, -0.15) is 0 Å². The predicted octanol–water partition coefficient (Wildman–Crippen LogP) is 5.08. The molecule has 0 aromatic heterocycles. The number of methoxy groups -OCH3 is 1. The molecule has 1 unspecified atom stereocenters. The van der Waals surface area contributed by atoms with Crippen LogP contribution in [0.1, 0.15) is 23.5 Å². The zero-order valence-corrected chi connectivity index (χ0v) is 13.7. The van der Waals surface area contributed by atoms with Crippen LogP contribution in [0.15, 0.2) is 78.9 Å². The quantitative estimate of drug-likeness (QED) is 0.593. The van der Waals surface area contributed by atoms with E-state index in [4.69, 9.17) is 4.74 Å². The van der Waals surface area contributed by atoms with Crippen molar-refractivity contribution in [2.24, 2.45) is 0 Å². The van der Waals surface area contributed by atoms with E-state index in [1.165, 1.54) is 0 Å². The van der Waals surface area contributed by atoms with E-state index in [-0.39, 0.29) is 5.92 Å². The van der Waals surface area contributed by atoms with Gasteiger partial charge in [-0.25, -0.2) is 0 Å². The van der Waals surface area contributed by atoms with Gasteiger partial charge in [0, 0.05) is 17.9 Å². The summed E-state index contributed by atoms with van der Waals surface area (Å²) in [5, 5.41) is 0. The maximum absolute atomic E-state index is 11.3. The van der Waals surface area contributed by atoms with E-state index in [1.54, 1.807) is 7.11 Å². The van der Waals surface area contributed by atoms with Gasteiger partial charge in [-0.3, -0.25) is 0 Å². The average Bonchev–Trinajstić information content (AvgIpc) is 2.67. The highest BCUT2D eigenvalue weighted by molar-refractivity contribution is 5.75. The Bertz CT molecular complexity index is 809. The average molecular weight is 316 g/mol. The molecule has 0 aliphatic carbocycles. The van der Waals surface area contributed by atoms with Crippen molar-refractivity contribution in [1.82, 2.24) is 0 Å². The lowest BCUT2D eigenvalue weighted by Gasteiger charge is -2.20. The molecule has 0 spiro atoms. The van der Waals surface area contributed by atoms with Gasteiger partial charge in [-0.05, 0) is 22.8 Å². The Morgan fingerprint density at radius 1 is 0.833 bits per heavy atom. The first-order chi connectivity index (χ1) is 11.8. The van der Waals surface area contributed by atoms with Crippen LogP contribution in [0.2, 0.25) is 0 Å². The minimum absolute atomic E-state index is 0.0322. The monoisotopic (exact) mass is 316 g/mol. The summed E-state index contributed by atoms with van der Waals surface area (Å²) in [5.74, 6) is 0.868. The molecule has 0 fully saturated rings. The van der Waals surface area contributed by atoms with Crippen molar-refractivity contribution in [2.45, 2.75) is 12.3 Å². The highest BCUT2D eigenvalue weighted by Crippen LogP contribution is 2.38. The zero-order chi connectivity index (χ0) is 16.8. The van der Waals surface area contributed by atoms with E-state index >= 15 is 0 Å². The van der Waals surface area contributed by atoms with E-state index in [0.717, 1.165) is 34.3 Å². The summed E-state index contributed by atoms with van der Waals surface area (Å²) in [6, 6.07) is 26.4. The molecule has 24 heavy (non-hydrogen) atoms. The summed E-state index contributed by atoms with van der Waals surface area (Å²) in [6.45, 7) is 0. The van der Waals surface area contributed by atoms with Gasteiger partial charge in [-0.1, -0.05) is 72.8 Å². The number of ether oxygens (including phenoxy) is 1. The molecule has 0 heterocycles. The Morgan fingerprint density at radius 3 is 2.17 bits per heavy atom. The largest absolute Gasteiger partial charge is 0.496 e. The molecule has 0 amide bonds. The molecule has 2 heteroatoms. The molecular weight excluding hydrogens is 296 g/mol. The predicted molar refractivity (Wildman–Crippen MR) is 97.4 cm³/mol. The van der Waals surface area contributed by atoms with Gasteiger partial charge in [0.25, 0.3) is 0 Å². The summed E-state index contributed by atoms with van der Waals surface area (Å²) in [5.41, 5.74) is 4.43. The summed E-state index contributed by atoms with van der Waals surface area (Å²) in [7, 11) is 1.68. The first-order valence-electron chi connectivity index (χ1n) is 8.06. The molecule has 0 aliphatic rings. The highest BCUT2D eigenvalue weighted by atomic mass is 16.5. The molecule has 3 aromatic carbocycles. The van der Waals surface area contributed by atoms with Crippen LogP contribution < -0.4 is 4.74 Å². The van der Waals surface area contributed by atoms with Gasteiger partial charge >= 0.3 is 0 Å². The molecule has 0 radical (unpaired) electrons. The number of benzene rings is 3. The Labute approximate surface area is 142 Å². The number of hydrogen-bond acceptors (Lipinski definition) is 2. The van der Waals surface area contributed by atoms with Crippen LogP contribution in [0, 0.1) is 0 Å². The van der Waals surface area contributed by atoms with Gasteiger partial charge < -0.3 is 9.53 Å². The van der Waals surface area contributed by atoms with Crippen LogP contribution in [-0.4, -0.2) is 13.4 Å². The Hall–Kier alpha value is -2.87. The Balaban J connectivity index is 2.16. The fourth-order valence-electron chi connectivity index (χ4n) is 3.14. The molecule has 0 aliphatic heterocycles. The SMILES string of the molecule is COc1ccccc1-c1ccccc1C(CC=O)c1ccccc1. The maximum atomic E-state index is 11.3. The molecule has 0 N–H and O–H groups in total. The molecule has 0 saturated heterocycles. The van der Waals surface area contributed by atoms with Crippen molar-refractivity contribution < 1.29 is 9.53 Å². The lowest BCUT2D eigenvalue weighted by atomic mass is 9.84. The number of hydrogen-bond donors (Lipinski definition) is 0. The van der Waals surface area contributed by atoms with Crippen molar-refractivity contribution in [3.8, 4) is 16.9 Å². The molecular formula is C22H20O2. The van der Waals surface area contributed by atoms with Gasteiger partial charge in [0.2, 0.25) is 0 Å². The fraction of sp³-hybridized carbons (Fsp3) is 0.136. The Morgan fingerprint density at radius 2 is 1.46 bits per heavy atom. The van der Waals surface area contributed by atoms with Crippen LogP contribution in [0.5, 0.6) is 5.75 Å². The number of carbonyl (C=O) groups is 1. The van der Waals surface area contributed by atoms with Crippen molar-refractivity contribution in [3.63, 3.8) is 0 Å². The first-order valence-corrected chi connectivity index (χ1v) is 8.06. The van der Waals surface area contributed by atoms with E-state index in [1.807, 2.05) is 48.5 Å². The molecule has 1 atom stereocenters. The van der Waals surface area contributed by atoms with Gasteiger partial charge in [0.05, 0.1) is 7.11 Å². The topological polar surface area (TPSA) is 26.3 Å². The summed E-state index contributed by atoms with van der Waals surface area (Å²) in [4.78, 5) is 11.3. The molecule has 120 valence electrons. The second-order valence-electron chi connectivity index (χ2n) is 5.65. The molecule has 3 rings (SSSR count). The number of carbonyl (C=O) groups excluding carboxylic acids is 1. The van der Waals surface area contributed by atoms with Crippen molar-refractivity contribution in [1.29, 1.82) is 0 Å². The van der Waals surface area contributed by atoms with Crippen LogP contribution in [0.3, 0.4) is 0 Å². The third kappa shape index (κ3) is 3.23. The normalized spacial score (nSPS) is 11.7. The van der Waals surface area contributed by atoms with Gasteiger partial charge in [0.15, 0.2) is 0 Å². The second-order valence-corrected chi connectivity index (χ2v) is 5.65. The smallest absolute Gasteiger partial charge is 0.126 e. The van der Waals surface area contributed by atoms with Crippen molar-refractivity contribution in [2.75, 3.05) is 7.11 Å². The highest BCUT2D eigenvalue weighted by Gasteiger charge is 2.19. The minimum Gasteiger partial charge on any atom is -0.496 e. The van der Waals surface area contributed by atoms with E-state index < -0.39 is 0 Å². The van der Waals surface area contributed by atoms with E-state index in [9.17, 15) is 4.79 Å². The standard InChI is InChI=1S/C22H20O2/c1-24-22-14-8-7-13-21(22)20-12-6-5-11-19(20)18(15-16-23)17-9-3-2-4-10-17/h2-14,16,18H,15H2,1H3. The van der Waals surface area contributed by atoms with E-state index in [0.29, 0.717) is 6.42 Å². The second kappa shape index (κ2) is 7.60. The molecule has 2 nitrogen and oxygen atoms in total. The molecule has 0 saturated carbocycles. The summed E-state index contributed by atoms with van der Waals surface area (Å²) in [6.07, 6.45) is 1.45. The lowest BCUT2D eigenvalue weighted by molar-refractivity contribution is -0.108. The Kier molecular flexibility index (Phi) is 5.07. The third-order valence-electron chi connectivity index (χ3n) is 4.27. The number of aldehydes is 1. The molecule has 0 bridgehead atoms. The number of para-hydroxylation sites is 1. The van der Waals surface area contributed by atoms with Crippen molar-refractivity contribution in [3.05, 3.63) is 90.0 Å². The number of rotatable bonds is 6. The third-order valence-corrected chi connectivity index (χ3v) is 4.27. The van der Waals surface area contributed by atoms with Crippen LogP contribution in [0.4, 0.5) is 0 Å². The van der Waals surface area contributed by atoms with E-state index in [2.05, 4.69) is 30.3 Å². The van der Waals surface area contributed by atoms with Crippen LogP contribution in [-0.2, 0) is 4.79 Å². The van der Waals surface area contributed by atoms with Gasteiger partial charge in [0.1, 0.15) is 12.0 Å².